The highest BCUT2D eigenvalue weighted by Crippen LogP contribution is 2.35. The highest BCUT2D eigenvalue weighted by atomic mass is 32.2. The Balaban J connectivity index is 3.50. The second-order valence-corrected chi connectivity index (χ2v) is 7.59. The van der Waals surface area contributed by atoms with Crippen molar-refractivity contribution in [2.45, 2.75) is 31.0 Å². The van der Waals surface area contributed by atoms with E-state index in [1.807, 2.05) is 0 Å². The first-order chi connectivity index (χ1) is 10.8. The van der Waals surface area contributed by atoms with E-state index in [1.165, 1.54) is 18.6 Å². The molecule has 0 aliphatic carbocycles. The molecule has 1 aromatic rings. The van der Waals surface area contributed by atoms with E-state index in [2.05, 4.69) is 0 Å². The minimum absolute atomic E-state index is 0.149. The molecule has 1 N–H and O–H groups in total. The summed E-state index contributed by atoms with van der Waals surface area (Å²) < 4.78 is 85.5. The van der Waals surface area contributed by atoms with Crippen LogP contribution in [0.1, 0.15) is 22.7 Å². The van der Waals surface area contributed by atoms with Gasteiger partial charge in [0.05, 0.1) is 4.90 Å². The number of rotatable bonds is 6. The van der Waals surface area contributed by atoms with Crippen molar-refractivity contribution in [3.05, 3.63) is 38.9 Å². The minimum Gasteiger partial charge on any atom is -0.263 e. The highest BCUT2D eigenvalue weighted by molar-refractivity contribution is 7.91. The van der Waals surface area contributed by atoms with Crippen LogP contribution in [0.4, 0.5) is 13.2 Å². The maximum atomic E-state index is 13.0. The maximum absolute atomic E-state index is 13.0. The zero-order valence-corrected chi connectivity index (χ0v) is 14.0. The monoisotopic (exact) mass is 390 g/mol. The standard InChI is InChI=1S/C11H13F3N2O6S2/c1-6-3-8(10(11(12,13)14)15-23(19)20)4-7(2)9(6)24(21,22)5-16(17)18/h3-4,10,23H,5H2,1-2H3,(H,15,19,20). The quantitative estimate of drug-likeness (QED) is 0.425. The fraction of sp³-hybridized carbons (Fsp3) is 0.455. The van der Waals surface area contributed by atoms with Crippen molar-refractivity contribution < 1.29 is 34.9 Å². The number of hydrogen-bond donors (Lipinski definition) is 2. The second-order valence-electron chi connectivity index (χ2n) is 4.92. The topological polar surface area (TPSA) is 123 Å². The molecule has 1 aromatic carbocycles. The van der Waals surface area contributed by atoms with Gasteiger partial charge in [0, 0.05) is 4.92 Å². The zero-order valence-electron chi connectivity index (χ0n) is 12.3. The van der Waals surface area contributed by atoms with E-state index in [9.17, 15) is 40.1 Å². The number of nitro groups is 1. The average Bonchev–Trinajstić information content (AvgIpc) is 2.31. The molecule has 24 heavy (non-hydrogen) atoms. The van der Waals surface area contributed by atoms with Crippen LogP contribution >= 0.6 is 0 Å². The first-order valence-electron chi connectivity index (χ1n) is 6.18. The molecule has 136 valence electrons. The SMILES string of the molecule is Cc1cc(C(N[SH](=O)=O)C(F)(F)F)cc(C)c1S(=O)(=O)C[N+](=O)[O-]. The summed E-state index contributed by atoms with van der Waals surface area (Å²) >= 11 is 0. The Hall–Kier alpha value is -1.73. The van der Waals surface area contributed by atoms with Crippen molar-refractivity contribution >= 4 is 20.7 Å². The predicted octanol–water partition coefficient (Wildman–Crippen LogP) is 1.03. The van der Waals surface area contributed by atoms with Crippen molar-refractivity contribution in [3.63, 3.8) is 0 Å². The van der Waals surface area contributed by atoms with Crippen LogP contribution in [0.5, 0.6) is 0 Å². The Kier molecular flexibility index (Phi) is 5.95. The molecule has 0 aliphatic rings. The molecule has 0 saturated heterocycles. The molecule has 0 aromatic heterocycles. The molecule has 0 saturated carbocycles. The number of halogens is 3. The lowest BCUT2D eigenvalue weighted by Crippen LogP contribution is -2.33. The van der Waals surface area contributed by atoms with Crippen LogP contribution < -0.4 is 4.72 Å². The lowest BCUT2D eigenvalue weighted by Gasteiger charge is -2.21. The normalized spacial score (nSPS) is 13.9. The molecular formula is C11H13F3N2O6S2. The van der Waals surface area contributed by atoms with Crippen LogP contribution in [0.2, 0.25) is 0 Å². The summed E-state index contributed by atoms with van der Waals surface area (Å²) in [6, 6.07) is -0.878. The molecule has 0 bridgehead atoms. The third-order valence-corrected chi connectivity index (χ3v) is 5.25. The zero-order chi connectivity index (χ0) is 18.9. The van der Waals surface area contributed by atoms with Gasteiger partial charge in [0.25, 0.3) is 0 Å². The molecular weight excluding hydrogens is 377 g/mol. The lowest BCUT2D eigenvalue weighted by atomic mass is 10.0. The van der Waals surface area contributed by atoms with Crippen molar-refractivity contribution in [3.8, 4) is 0 Å². The summed E-state index contributed by atoms with van der Waals surface area (Å²) in [5.74, 6) is -1.40. The molecule has 0 amide bonds. The molecule has 1 unspecified atom stereocenters. The smallest absolute Gasteiger partial charge is 0.263 e. The highest BCUT2D eigenvalue weighted by Gasteiger charge is 2.42. The van der Waals surface area contributed by atoms with Crippen LogP contribution in [-0.4, -0.2) is 33.8 Å². The molecule has 0 fully saturated rings. The largest absolute Gasteiger partial charge is 0.408 e. The Labute approximate surface area is 136 Å². The van der Waals surface area contributed by atoms with E-state index >= 15 is 0 Å². The summed E-state index contributed by atoms with van der Waals surface area (Å²) in [5.41, 5.74) is -0.815. The van der Waals surface area contributed by atoms with Gasteiger partial charge in [-0.2, -0.15) is 13.2 Å². The van der Waals surface area contributed by atoms with E-state index in [4.69, 9.17) is 0 Å². The number of benzene rings is 1. The van der Waals surface area contributed by atoms with E-state index < -0.39 is 54.2 Å². The van der Waals surface area contributed by atoms with Crippen molar-refractivity contribution in [2.24, 2.45) is 0 Å². The van der Waals surface area contributed by atoms with Gasteiger partial charge in [-0.25, -0.2) is 21.6 Å². The molecule has 1 rings (SSSR count). The molecule has 0 spiro atoms. The molecule has 0 heterocycles. The maximum Gasteiger partial charge on any atom is 0.408 e. The molecule has 0 radical (unpaired) electrons. The van der Waals surface area contributed by atoms with Crippen LogP contribution in [0.3, 0.4) is 0 Å². The van der Waals surface area contributed by atoms with Crippen LogP contribution in [-0.2, 0) is 20.7 Å². The van der Waals surface area contributed by atoms with Crippen molar-refractivity contribution in [1.82, 2.24) is 4.72 Å². The van der Waals surface area contributed by atoms with Gasteiger partial charge in [0.1, 0.15) is 6.04 Å². The van der Waals surface area contributed by atoms with Crippen LogP contribution in [0.25, 0.3) is 0 Å². The minimum atomic E-state index is -4.95. The Morgan fingerprint density at radius 2 is 1.71 bits per heavy atom. The fourth-order valence-corrected chi connectivity index (χ4v) is 4.30. The molecule has 1 atom stereocenters. The Morgan fingerprint density at radius 3 is 2.04 bits per heavy atom. The summed E-state index contributed by atoms with van der Waals surface area (Å²) in [4.78, 5) is 8.93. The Bertz CT molecular complexity index is 802. The number of nitrogens with zero attached hydrogens (tertiary/aromatic N) is 1. The number of nitrogens with one attached hydrogen (secondary N) is 1. The third kappa shape index (κ3) is 4.88. The van der Waals surface area contributed by atoms with Gasteiger partial charge < -0.3 is 0 Å². The summed E-state index contributed by atoms with van der Waals surface area (Å²) in [6.45, 7) is 2.35. The van der Waals surface area contributed by atoms with Gasteiger partial charge in [0.2, 0.25) is 20.7 Å². The number of aryl methyl sites for hydroxylation is 2. The first-order valence-corrected chi connectivity index (χ1v) is 9.01. The van der Waals surface area contributed by atoms with Crippen molar-refractivity contribution in [1.29, 1.82) is 0 Å². The number of sulfone groups is 1. The summed E-state index contributed by atoms with van der Waals surface area (Å²) in [5, 5.41) is 10.4. The van der Waals surface area contributed by atoms with Gasteiger partial charge in [-0.15, -0.1) is 0 Å². The van der Waals surface area contributed by atoms with Crippen LogP contribution in [0, 0.1) is 24.0 Å². The predicted molar refractivity (Wildman–Crippen MR) is 77.2 cm³/mol. The lowest BCUT2D eigenvalue weighted by molar-refractivity contribution is -0.458. The third-order valence-electron chi connectivity index (χ3n) is 2.96. The second kappa shape index (κ2) is 7.03. The molecule has 8 nitrogen and oxygen atoms in total. The van der Waals surface area contributed by atoms with Gasteiger partial charge in [-0.1, -0.05) is 12.1 Å². The number of hydrogen-bond acceptors (Lipinski definition) is 6. The first kappa shape index (κ1) is 20.3. The van der Waals surface area contributed by atoms with E-state index in [1.54, 1.807) is 0 Å². The van der Waals surface area contributed by atoms with E-state index in [0.29, 0.717) is 0 Å². The summed E-state index contributed by atoms with van der Waals surface area (Å²) in [7, 11) is -7.91. The van der Waals surface area contributed by atoms with E-state index in [0.717, 1.165) is 12.1 Å². The van der Waals surface area contributed by atoms with Crippen molar-refractivity contribution in [2.75, 3.05) is 5.88 Å². The van der Waals surface area contributed by atoms with Gasteiger partial charge in [-0.3, -0.25) is 10.1 Å². The molecule has 13 heteroatoms. The average molecular weight is 390 g/mol. The number of alkyl halides is 3. The van der Waals surface area contributed by atoms with Gasteiger partial charge in [0.15, 0.2) is 0 Å². The van der Waals surface area contributed by atoms with E-state index in [-0.39, 0.29) is 11.1 Å². The van der Waals surface area contributed by atoms with Gasteiger partial charge in [-0.05, 0) is 30.5 Å². The van der Waals surface area contributed by atoms with Crippen LogP contribution in [0.15, 0.2) is 17.0 Å². The fourth-order valence-electron chi connectivity index (χ4n) is 2.29. The summed E-state index contributed by atoms with van der Waals surface area (Å²) in [6.07, 6.45) is -4.95. The number of thiol groups is 1. The Morgan fingerprint density at radius 1 is 1.25 bits per heavy atom. The van der Waals surface area contributed by atoms with Gasteiger partial charge >= 0.3 is 12.1 Å². The molecule has 0 aliphatic heterocycles.